The number of rotatable bonds is 1. The van der Waals surface area contributed by atoms with Crippen LogP contribution in [-0.2, 0) is 0 Å². The van der Waals surface area contributed by atoms with Crippen molar-refractivity contribution in [2.75, 3.05) is 13.1 Å². The molecule has 86 valence electrons. The van der Waals surface area contributed by atoms with Gasteiger partial charge in [0.1, 0.15) is 5.82 Å². The van der Waals surface area contributed by atoms with E-state index in [1.807, 2.05) is 12.1 Å². The molecule has 1 saturated heterocycles. The average Bonchev–Trinajstić information content (AvgIpc) is 2.78. The largest absolute Gasteiger partial charge is 0.316 e. The monoisotopic (exact) mass is 219 g/mol. The first-order chi connectivity index (χ1) is 7.84. The van der Waals surface area contributed by atoms with Gasteiger partial charge in [-0.1, -0.05) is 18.6 Å². The van der Waals surface area contributed by atoms with Gasteiger partial charge in [-0.25, -0.2) is 4.39 Å². The first kappa shape index (κ1) is 10.3. The minimum Gasteiger partial charge on any atom is -0.316 e. The lowest BCUT2D eigenvalue weighted by atomic mass is 9.71. The van der Waals surface area contributed by atoms with Gasteiger partial charge in [-0.15, -0.1) is 0 Å². The van der Waals surface area contributed by atoms with Crippen LogP contribution in [0.2, 0.25) is 0 Å². The smallest absolute Gasteiger partial charge is 0.123 e. The van der Waals surface area contributed by atoms with Crippen LogP contribution in [0.15, 0.2) is 24.3 Å². The van der Waals surface area contributed by atoms with Crippen molar-refractivity contribution < 1.29 is 4.39 Å². The molecule has 1 heterocycles. The van der Waals surface area contributed by atoms with Gasteiger partial charge in [-0.05, 0) is 61.4 Å². The van der Waals surface area contributed by atoms with Gasteiger partial charge < -0.3 is 5.32 Å². The highest BCUT2D eigenvalue weighted by Gasteiger charge is 2.36. The minimum absolute atomic E-state index is 0.124. The van der Waals surface area contributed by atoms with Crippen molar-refractivity contribution in [3.8, 4) is 0 Å². The van der Waals surface area contributed by atoms with E-state index in [4.69, 9.17) is 0 Å². The van der Waals surface area contributed by atoms with E-state index in [0.717, 1.165) is 18.4 Å². The van der Waals surface area contributed by atoms with Gasteiger partial charge in [0.2, 0.25) is 0 Å². The third kappa shape index (κ3) is 1.75. The van der Waals surface area contributed by atoms with Gasteiger partial charge >= 0.3 is 0 Å². The van der Waals surface area contributed by atoms with E-state index in [9.17, 15) is 4.39 Å². The third-order valence-electron chi connectivity index (χ3n) is 4.30. The fourth-order valence-corrected chi connectivity index (χ4v) is 3.48. The van der Waals surface area contributed by atoms with Crippen molar-refractivity contribution in [1.82, 2.24) is 5.32 Å². The second-order valence-corrected chi connectivity index (χ2v) is 5.17. The predicted molar refractivity (Wildman–Crippen MR) is 62.8 cm³/mol. The molecule has 0 bridgehead atoms. The molecule has 2 fully saturated rings. The standard InChI is InChI=1S/C14H18FN/c15-12-6-4-10(5-7-12)13-3-1-2-11-8-16-9-14(11)13/h4-7,11,13-14,16H,1-3,8-9H2. The molecule has 3 atom stereocenters. The zero-order valence-electron chi connectivity index (χ0n) is 9.45. The number of hydrogen-bond donors (Lipinski definition) is 1. The second-order valence-electron chi connectivity index (χ2n) is 5.17. The van der Waals surface area contributed by atoms with Crippen LogP contribution < -0.4 is 5.32 Å². The molecule has 3 rings (SSSR count). The van der Waals surface area contributed by atoms with E-state index in [2.05, 4.69) is 5.32 Å². The third-order valence-corrected chi connectivity index (χ3v) is 4.30. The van der Waals surface area contributed by atoms with Gasteiger partial charge in [0.05, 0.1) is 0 Å². The molecule has 0 aromatic heterocycles. The molecule has 1 N–H and O–H groups in total. The molecule has 0 amide bonds. The summed E-state index contributed by atoms with van der Waals surface area (Å²) >= 11 is 0. The molecule has 0 radical (unpaired) electrons. The Morgan fingerprint density at radius 3 is 2.69 bits per heavy atom. The Balaban J connectivity index is 1.85. The quantitative estimate of drug-likeness (QED) is 0.765. The molecular weight excluding hydrogens is 201 g/mol. The van der Waals surface area contributed by atoms with Gasteiger partial charge in [-0.2, -0.15) is 0 Å². The van der Waals surface area contributed by atoms with E-state index in [1.54, 1.807) is 12.1 Å². The molecule has 1 aromatic rings. The van der Waals surface area contributed by atoms with Gasteiger partial charge in [0.25, 0.3) is 0 Å². The normalized spacial score (nSPS) is 33.7. The van der Waals surface area contributed by atoms with Crippen LogP contribution in [0.25, 0.3) is 0 Å². The van der Waals surface area contributed by atoms with Crippen LogP contribution in [0.5, 0.6) is 0 Å². The Hall–Kier alpha value is -0.890. The summed E-state index contributed by atoms with van der Waals surface area (Å²) in [5, 5.41) is 3.50. The Labute approximate surface area is 96.1 Å². The molecule has 2 heteroatoms. The van der Waals surface area contributed by atoms with Crippen molar-refractivity contribution in [2.45, 2.75) is 25.2 Å². The number of fused-ring (bicyclic) bond motifs is 1. The summed E-state index contributed by atoms with van der Waals surface area (Å²) < 4.78 is 12.9. The molecule has 1 aliphatic heterocycles. The molecule has 3 unspecified atom stereocenters. The molecular formula is C14H18FN. The van der Waals surface area contributed by atoms with Crippen molar-refractivity contribution in [3.63, 3.8) is 0 Å². The Morgan fingerprint density at radius 1 is 1.06 bits per heavy atom. The summed E-state index contributed by atoms with van der Waals surface area (Å²) in [7, 11) is 0. The molecule has 1 saturated carbocycles. The van der Waals surface area contributed by atoms with Crippen LogP contribution in [0, 0.1) is 17.7 Å². The Bertz CT molecular complexity index is 360. The van der Waals surface area contributed by atoms with Crippen LogP contribution in [-0.4, -0.2) is 13.1 Å². The minimum atomic E-state index is -0.124. The lowest BCUT2D eigenvalue weighted by Crippen LogP contribution is -2.25. The predicted octanol–water partition coefficient (Wildman–Crippen LogP) is 2.93. The first-order valence-electron chi connectivity index (χ1n) is 6.31. The lowest BCUT2D eigenvalue weighted by Gasteiger charge is -2.33. The number of hydrogen-bond acceptors (Lipinski definition) is 1. The second kappa shape index (κ2) is 4.17. The molecule has 0 spiro atoms. The summed E-state index contributed by atoms with van der Waals surface area (Å²) in [6.45, 7) is 2.33. The van der Waals surface area contributed by atoms with Crippen LogP contribution in [0.3, 0.4) is 0 Å². The molecule has 1 aliphatic carbocycles. The average molecular weight is 219 g/mol. The van der Waals surface area contributed by atoms with Crippen LogP contribution in [0.4, 0.5) is 4.39 Å². The maximum absolute atomic E-state index is 12.9. The van der Waals surface area contributed by atoms with Crippen molar-refractivity contribution in [1.29, 1.82) is 0 Å². The zero-order valence-corrected chi connectivity index (χ0v) is 9.45. The van der Waals surface area contributed by atoms with E-state index >= 15 is 0 Å². The highest BCUT2D eigenvalue weighted by atomic mass is 19.1. The summed E-state index contributed by atoms with van der Waals surface area (Å²) in [6.07, 6.45) is 3.97. The van der Waals surface area contributed by atoms with Crippen molar-refractivity contribution in [2.24, 2.45) is 11.8 Å². The summed E-state index contributed by atoms with van der Waals surface area (Å²) in [5.41, 5.74) is 1.33. The summed E-state index contributed by atoms with van der Waals surface area (Å²) in [5.74, 6) is 2.15. The van der Waals surface area contributed by atoms with Gasteiger partial charge in [0, 0.05) is 0 Å². The first-order valence-corrected chi connectivity index (χ1v) is 6.31. The van der Waals surface area contributed by atoms with E-state index < -0.39 is 0 Å². The maximum atomic E-state index is 12.9. The highest BCUT2D eigenvalue weighted by Crippen LogP contribution is 2.42. The fraction of sp³-hybridized carbons (Fsp3) is 0.571. The van der Waals surface area contributed by atoms with Crippen LogP contribution >= 0.6 is 0 Å². The van der Waals surface area contributed by atoms with Crippen LogP contribution in [0.1, 0.15) is 30.7 Å². The number of nitrogens with one attached hydrogen (secondary N) is 1. The van der Waals surface area contributed by atoms with Crippen molar-refractivity contribution in [3.05, 3.63) is 35.6 Å². The topological polar surface area (TPSA) is 12.0 Å². The summed E-state index contributed by atoms with van der Waals surface area (Å²) in [6, 6.07) is 7.14. The van der Waals surface area contributed by atoms with Crippen molar-refractivity contribution >= 4 is 0 Å². The number of halogens is 1. The van der Waals surface area contributed by atoms with Gasteiger partial charge in [0.15, 0.2) is 0 Å². The van der Waals surface area contributed by atoms with E-state index in [0.29, 0.717) is 5.92 Å². The molecule has 1 nitrogen and oxygen atoms in total. The molecule has 16 heavy (non-hydrogen) atoms. The Morgan fingerprint density at radius 2 is 1.88 bits per heavy atom. The Kier molecular flexibility index (Phi) is 2.68. The zero-order chi connectivity index (χ0) is 11.0. The SMILES string of the molecule is Fc1ccc(C2CCCC3CNCC32)cc1. The molecule has 1 aromatic carbocycles. The number of benzene rings is 1. The van der Waals surface area contributed by atoms with E-state index in [1.165, 1.54) is 31.4 Å². The molecule has 2 aliphatic rings. The summed E-state index contributed by atoms with van der Waals surface area (Å²) in [4.78, 5) is 0. The van der Waals surface area contributed by atoms with Gasteiger partial charge in [-0.3, -0.25) is 0 Å². The van der Waals surface area contributed by atoms with E-state index in [-0.39, 0.29) is 5.82 Å². The maximum Gasteiger partial charge on any atom is 0.123 e. The fourth-order valence-electron chi connectivity index (χ4n) is 3.48. The highest BCUT2D eigenvalue weighted by molar-refractivity contribution is 5.22. The lowest BCUT2D eigenvalue weighted by molar-refractivity contribution is 0.258.